The zero-order valence-corrected chi connectivity index (χ0v) is 19.8. The molecule has 0 N–H and O–H groups in total. The second-order valence-electron chi connectivity index (χ2n) is 9.46. The third-order valence-electron chi connectivity index (χ3n) is 7.25. The summed E-state index contributed by atoms with van der Waals surface area (Å²) in [6, 6.07) is 41.0. The lowest BCUT2D eigenvalue weighted by Crippen LogP contribution is -2.00. The first-order chi connectivity index (χ1) is 17.8. The maximum Gasteiger partial charge on any atom is 0.220 e. The normalized spacial score (nSPS) is 12.0. The Morgan fingerprint density at radius 2 is 1.03 bits per heavy atom. The van der Waals surface area contributed by atoms with Crippen molar-refractivity contribution >= 4 is 49.7 Å². The van der Waals surface area contributed by atoms with Gasteiger partial charge >= 0.3 is 0 Å². The van der Waals surface area contributed by atoms with E-state index < -0.39 is 0 Å². The van der Waals surface area contributed by atoms with Gasteiger partial charge in [0.1, 0.15) is 0 Å². The van der Waals surface area contributed by atoms with Gasteiger partial charge in [0.15, 0.2) is 0 Å². The fourth-order valence-electron chi connectivity index (χ4n) is 5.81. The van der Waals surface area contributed by atoms with E-state index in [9.17, 15) is 0 Å². The van der Waals surface area contributed by atoms with Crippen molar-refractivity contribution in [1.29, 1.82) is 0 Å². The summed E-state index contributed by atoms with van der Waals surface area (Å²) in [5, 5.41) is 2.54. The molecule has 0 spiro atoms. The Morgan fingerprint density at radius 1 is 0.500 bits per heavy atom. The zero-order valence-electron chi connectivity index (χ0n) is 19.8. The molecule has 0 aliphatic rings. The van der Waals surface area contributed by atoms with Crippen LogP contribution in [0.15, 0.2) is 115 Å². The van der Waals surface area contributed by atoms with Crippen LogP contribution in [-0.2, 0) is 0 Å². The molecule has 0 amide bonds. The summed E-state index contributed by atoms with van der Waals surface area (Å²) in [5.41, 5.74) is 10.3. The van der Waals surface area contributed by atoms with Gasteiger partial charge in [0.05, 0.1) is 38.8 Å². The second-order valence-corrected chi connectivity index (χ2v) is 9.46. The summed E-state index contributed by atoms with van der Waals surface area (Å²) in [6.07, 6.45) is 0. The number of nitrogens with zero attached hydrogens (tertiary/aromatic N) is 4. The molecule has 3 aromatic heterocycles. The lowest BCUT2D eigenvalue weighted by atomic mass is 10.1. The van der Waals surface area contributed by atoms with Crippen molar-refractivity contribution in [3.05, 3.63) is 121 Å². The Labute approximate surface area is 207 Å². The van der Waals surface area contributed by atoms with E-state index in [4.69, 9.17) is 4.98 Å². The predicted molar refractivity (Wildman–Crippen MR) is 149 cm³/mol. The van der Waals surface area contributed by atoms with Crippen LogP contribution in [0.5, 0.6) is 0 Å². The number of imidazole rings is 2. The first kappa shape index (κ1) is 19.5. The molecule has 0 aliphatic carbocycles. The van der Waals surface area contributed by atoms with Crippen molar-refractivity contribution < 1.29 is 0 Å². The van der Waals surface area contributed by atoms with Gasteiger partial charge in [-0.05, 0) is 67.1 Å². The average Bonchev–Trinajstić information content (AvgIpc) is 3.55. The molecule has 4 heteroatoms. The minimum atomic E-state index is 0.927. The molecule has 36 heavy (non-hydrogen) atoms. The predicted octanol–water partition coefficient (Wildman–Crippen LogP) is 7.84. The smallest absolute Gasteiger partial charge is 0.220 e. The standard InChI is InChI=1S/C32H22N4/c1-21-18-22(34-27-13-5-2-10-24(27)25-11-3-6-14-28(25)34)20-23(19-21)35-30-16-8-9-17-31(30)36-29-15-7-4-12-26(29)33-32(35)36/h2-20H,1H3. The number of aryl methyl sites for hydroxylation is 1. The molecule has 0 fully saturated rings. The Bertz CT molecular complexity index is 2070. The van der Waals surface area contributed by atoms with Crippen molar-refractivity contribution in [3.8, 4) is 11.4 Å². The van der Waals surface area contributed by atoms with Gasteiger partial charge in [0.2, 0.25) is 5.78 Å². The molecule has 4 nitrogen and oxygen atoms in total. The highest BCUT2D eigenvalue weighted by Gasteiger charge is 2.18. The Kier molecular flexibility index (Phi) is 3.84. The molecule has 8 rings (SSSR count). The van der Waals surface area contributed by atoms with Gasteiger partial charge in [0, 0.05) is 16.5 Å². The van der Waals surface area contributed by atoms with Gasteiger partial charge in [-0.2, -0.15) is 0 Å². The summed E-state index contributed by atoms with van der Waals surface area (Å²) in [7, 11) is 0. The number of fused-ring (bicyclic) bond motifs is 8. The molecule has 3 heterocycles. The van der Waals surface area contributed by atoms with Crippen molar-refractivity contribution in [2.24, 2.45) is 0 Å². The van der Waals surface area contributed by atoms with Crippen molar-refractivity contribution in [2.45, 2.75) is 6.92 Å². The van der Waals surface area contributed by atoms with E-state index in [1.807, 2.05) is 6.07 Å². The van der Waals surface area contributed by atoms with Crippen LogP contribution in [0.2, 0.25) is 0 Å². The first-order valence-electron chi connectivity index (χ1n) is 12.3. The van der Waals surface area contributed by atoms with Gasteiger partial charge in [-0.1, -0.05) is 60.7 Å². The highest BCUT2D eigenvalue weighted by Crippen LogP contribution is 2.34. The number of hydrogen-bond donors (Lipinski definition) is 0. The van der Waals surface area contributed by atoms with Crippen LogP contribution >= 0.6 is 0 Å². The van der Waals surface area contributed by atoms with Gasteiger partial charge in [-0.15, -0.1) is 0 Å². The second kappa shape index (κ2) is 7.09. The molecule has 0 aliphatic heterocycles. The quantitative estimate of drug-likeness (QED) is 0.257. The van der Waals surface area contributed by atoms with Crippen LogP contribution in [-0.4, -0.2) is 18.5 Å². The Hall–Kier alpha value is -4.83. The minimum Gasteiger partial charge on any atom is -0.309 e. The van der Waals surface area contributed by atoms with Crippen molar-refractivity contribution in [1.82, 2.24) is 18.5 Å². The van der Waals surface area contributed by atoms with Crippen LogP contribution in [0.4, 0.5) is 0 Å². The fraction of sp³-hybridized carbons (Fsp3) is 0.0312. The summed E-state index contributed by atoms with van der Waals surface area (Å²) in [4.78, 5) is 5.07. The van der Waals surface area contributed by atoms with Gasteiger partial charge in [-0.25, -0.2) is 4.98 Å². The minimum absolute atomic E-state index is 0.927. The molecule has 0 atom stereocenters. The fourth-order valence-corrected chi connectivity index (χ4v) is 5.81. The van der Waals surface area contributed by atoms with Crippen LogP contribution in [0.25, 0.3) is 61.0 Å². The van der Waals surface area contributed by atoms with E-state index in [2.05, 4.69) is 130 Å². The third-order valence-corrected chi connectivity index (χ3v) is 7.25. The van der Waals surface area contributed by atoms with E-state index >= 15 is 0 Å². The summed E-state index contributed by atoms with van der Waals surface area (Å²) in [6.45, 7) is 2.17. The molecular weight excluding hydrogens is 440 g/mol. The summed E-state index contributed by atoms with van der Waals surface area (Å²) >= 11 is 0. The van der Waals surface area contributed by atoms with Crippen LogP contribution in [0.1, 0.15) is 5.56 Å². The Morgan fingerprint density at radius 3 is 1.72 bits per heavy atom. The molecule has 0 saturated carbocycles. The van der Waals surface area contributed by atoms with E-state index in [0.717, 1.165) is 39.2 Å². The Balaban J connectivity index is 1.48. The van der Waals surface area contributed by atoms with E-state index in [0.29, 0.717) is 0 Å². The zero-order chi connectivity index (χ0) is 23.8. The number of hydrogen-bond acceptors (Lipinski definition) is 1. The van der Waals surface area contributed by atoms with Gasteiger partial charge < -0.3 is 4.57 Å². The van der Waals surface area contributed by atoms with E-state index in [-0.39, 0.29) is 0 Å². The lowest BCUT2D eigenvalue weighted by Gasteiger charge is -2.13. The topological polar surface area (TPSA) is 27.2 Å². The molecular formula is C32H22N4. The molecule has 8 aromatic rings. The maximum absolute atomic E-state index is 5.07. The molecule has 170 valence electrons. The van der Waals surface area contributed by atoms with Crippen LogP contribution in [0, 0.1) is 6.92 Å². The molecule has 0 saturated heterocycles. The van der Waals surface area contributed by atoms with Crippen molar-refractivity contribution in [3.63, 3.8) is 0 Å². The number of benzene rings is 5. The molecule has 0 radical (unpaired) electrons. The number of para-hydroxylation sites is 6. The maximum atomic E-state index is 5.07. The van der Waals surface area contributed by atoms with Crippen LogP contribution < -0.4 is 0 Å². The van der Waals surface area contributed by atoms with E-state index in [1.165, 1.54) is 27.4 Å². The average molecular weight is 463 g/mol. The molecule has 0 unspecified atom stereocenters. The number of rotatable bonds is 2. The SMILES string of the molecule is Cc1cc(-n2c3ccccc3c3ccccc32)cc(-n2c3ccccc3n3c4ccccc4nc23)c1. The number of aromatic nitrogens is 4. The first-order valence-corrected chi connectivity index (χ1v) is 12.3. The molecule has 0 bridgehead atoms. The third kappa shape index (κ3) is 2.56. The van der Waals surface area contributed by atoms with Crippen molar-refractivity contribution in [2.75, 3.05) is 0 Å². The monoisotopic (exact) mass is 462 g/mol. The van der Waals surface area contributed by atoms with Gasteiger partial charge in [0.25, 0.3) is 0 Å². The van der Waals surface area contributed by atoms with E-state index in [1.54, 1.807) is 0 Å². The summed E-state index contributed by atoms with van der Waals surface area (Å²) < 4.78 is 6.94. The van der Waals surface area contributed by atoms with Gasteiger partial charge in [-0.3, -0.25) is 8.97 Å². The highest BCUT2D eigenvalue weighted by molar-refractivity contribution is 6.09. The molecule has 5 aromatic carbocycles. The lowest BCUT2D eigenvalue weighted by molar-refractivity contribution is 1.09. The highest BCUT2D eigenvalue weighted by atomic mass is 15.2. The largest absolute Gasteiger partial charge is 0.309 e. The summed E-state index contributed by atoms with van der Waals surface area (Å²) in [5.74, 6) is 0.927. The van der Waals surface area contributed by atoms with Crippen LogP contribution in [0.3, 0.4) is 0 Å².